The van der Waals surface area contributed by atoms with Gasteiger partial charge in [-0.15, -0.1) is 0 Å². The molecule has 0 bridgehead atoms. The first-order valence-electron chi connectivity index (χ1n) is 9.20. The minimum absolute atomic E-state index is 0.188. The van der Waals surface area contributed by atoms with Gasteiger partial charge in [0, 0.05) is 6.08 Å². The summed E-state index contributed by atoms with van der Waals surface area (Å²) in [5, 5.41) is 0. The van der Waals surface area contributed by atoms with Crippen LogP contribution in [-0.2, 0) is 21.4 Å². The molecular weight excluding hydrogens is 324 g/mol. The highest BCUT2D eigenvalue weighted by molar-refractivity contribution is 5.83. The highest BCUT2D eigenvalue weighted by atomic mass is 16.5. The molecule has 0 N–H and O–H groups in total. The van der Waals surface area contributed by atoms with Gasteiger partial charge in [-0.2, -0.15) is 0 Å². The van der Waals surface area contributed by atoms with Gasteiger partial charge in [0.2, 0.25) is 0 Å². The third kappa shape index (κ3) is 4.66. The zero-order valence-electron chi connectivity index (χ0n) is 16.8. The lowest BCUT2D eigenvalue weighted by Crippen LogP contribution is -2.12. The predicted octanol–water partition coefficient (Wildman–Crippen LogP) is 5.39. The standard InChI is InChI=1S/C23H30O3/c1-7-26-22(24)13-16(2)9-8-10-17(3)18-14-20-19(21(15-18)25-6)11-12-23(20,4)5/h8-10,13-15H,7,11-12H2,1-6H3/b9-8?,16-13+,17-10?. The molecule has 3 heteroatoms. The zero-order valence-corrected chi connectivity index (χ0v) is 16.8. The molecule has 0 amide bonds. The van der Waals surface area contributed by atoms with E-state index in [0.29, 0.717) is 6.61 Å². The molecule has 1 aromatic carbocycles. The number of rotatable bonds is 6. The smallest absolute Gasteiger partial charge is 0.330 e. The molecular formula is C23H30O3. The normalized spacial score (nSPS) is 16.7. The van der Waals surface area contributed by atoms with Crippen LogP contribution < -0.4 is 4.74 Å². The maximum Gasteiger partial charge on any atom is 0.330 e. The summed E-state index contributed by atoms with van der Waals surface area (Å²) in [4.78, 5) is 11.4. The lowest BCUT2D eigenvalue weighted by molar-refractivity contribution is -0.137. The average molecular weight is 354 g/mol. The Morgan fingerprint density at radius 3 is 2.65 bits per heavy atom. The quantitative estimate of drug-likeness (QED) is 0.390. The predicted molar refractivity (Wildman–Crippen MR) is 108 cm³/mol. The Kier molecular flexibility index (Phi) is 6.47. The molecule has 0 unspecified atom stereocenters. The Morgan fingerprint density at radius 2 is 2.00 bits per heavy atom. The highest BCUT2D eigenvalue weighted by Crippen LogP contribution is 2.43. The number of benzene rings is 1. The number of carbonyl (C=O) groups is 1. The van der Waals surface area contributed by atoms with Gasteiger partial charge in [0.15, 0.2) is 0 Å². The van der Waals surface area contributed by atoms with Crippen LogP contribution in [0.2, 0.25) is 0 Å². The third-order valence-electron chi connectivity index (χ3n) is 4.95. The van der Waals surface area contributed by atoms with Gasteiger partial charge < -0.3 is 9.47 Å². The van der Waals surface area contributed by atoms with Crippen LogP contribution in [-0.4, -0.2) is 19.7 Å². The number of esters is 1. The molecule has 0 saturated carbocycles. The molecule has 1 aliphatic carbocycles. The summed E-state index contributed by atoms with van der Waals surface area (Å²) in [6.07, 6.45) is 9.67. The maximum absolute atomic E-state index is 11.4. The van der Waals surface area contributed by atoms with Crippen LogP contribution in [0.25, 0.3) is 5.57 Å². The van der Waals surface area contributed by atoms with E-state index in [2.05, 4.69) is 39.0 Å². The van der Waals surface area contributed by atoms with Gasteiger partial charge in [-0.05, 0) is 72.9 Å². The Bertz CT molecular complexity index is 764. The van der Waals surface area contributed by atoms with Crippen molar-refractivity contribution in [2.75, 3.05) is 13.7 Å². The lowest BCUT2D eigenvalue weighted by Gasteiger charge is -2.20. The van der Waals surface area contributed by atoms with E-state index < -0.39 is 0 Å². The van der Waals surface area contributed by atoms with Crippen molar-refractivity contribution < 1.29 is 14.3 Å². The summed E-state index contributed by atoms with van der Waals surface area (Å²) in [5.41, 5.74) is 6.12. The Labute approximate surface area is 157 Å². The average Bonchev–Trinajstić information content (AvgIpc) is 2.89. The Balaban J connectivity index is 2.24. The highest BCUT2D eigenvalue weighted by Gasteiger charge is 2.32. The van der Waals surface area contributed by atoms with Crippen molar-refractivity contribution in [3.8, 4) is 5.75 Å². The van der Waals surface area contributed by atoms with Crippen molar-refractivity contribution in [3.05, 3.63) is 58.7 Å². The number of allylic oxidation sites excluding steroid dienone is 5. The summed E-state index contributed by atoms with van der Waals surface area (Å²) >= 11 is 0. The fourth-order valence-corrected chi connectivity index (χ4v) is 3.35. The third-order valence-corrected chi connectivity index (χ3v) is 4.95. The van der Waals surface area contributed by atoms with Gasteiger partial charge in [0.1, 0.15) is 5.75 Å². The number of carbonyl (C=O) groups excluding carboxylic acids is 1. The van der Waals surface area contributed by atoms with E-state index in [1.165, 1.54) is 22.8 Å². The second-order valence-corrected chi connectivity index (χ2v) is 7.44. The van der Waals surface area contributed by atoms with E-state index in [9.17, 15) is 4.79 Å². The van der Waals surface area contributed by atoms with Crippen LogP contribution in [0.5, 0.6) is 5.75 Å². The second-order valence-electron chi connectivity index (χ2n) is 7.44. The largest absolute Gasteiger partial charge is 0.496 e. The molecule has 1 aromatic rings. The van der Waals surface area contributed by atoms with E-state index in [-0.39, 0.29) is 11.4 Å². The molecule has 0 saturated heterocycles. The van der Waals surface area contributed by atoms with Crippen molar-refractivity contribution in [2.24, 2.45) is 0 Å². The van der Waals surface area contributed by atoms with Crippen LogP contribution in [0.3, 0.4) is 0 Å². The van der Waals surface area contributed by atoms with Crippen molar-refractivity contribution in [1.29, 1.82) is 0 Å². The van der Waals surface area contributed by atoms with Gasteiger partial charge in [0.25, 0.3) is 0 Å². The van der Waals surface area contributed by atoms with Crippen molar-refractivity contribution >= 4 is 11.5 Å². The van der Waals surface area contributed by atoms with Crippen LogP contribution in [0.15, 0.2) is 42.0 Å². The van der Waals surface area contributed by atoms with Gasteiger partial charge in [-0.3, -0.25) is 0 Å². The number of fused-ring (bicyclic) bond motifs is 1. The molecule has 140 valence electrons. The van der Waals surface area contributed by atoms with E-state index in [1.807, 2.05) is 19.1 Å². The monoisotopic (exact) mass is 354 g/mol. The van der Waals surface area contributed by atoms with Crippen molar-refractivity contribution in [1.82, 2.24) is 0 Å². The van der Waals surface area contributed by atoms with Crippen molar-refractivity contribution in [3.63, 3.8) is 0 Å². The summed E-state index contributed by atoms with van der Waals surface area (Å²) in [6.45, 7) is 10.8. The van der Waals surface area contributed by atoms with E-state index in [0.717, 1.165) is 29.7 Å². The lowest BCUT2D eigenvalue weighted by atomic mass is 9.85. The summed E-state index contributed by atoms with van der Waals surface area (Å²) in [5.74, 6) is 0.680. The van der Waals surface area contributed by atoms with Gasteiger partial charge in [-0.1, -0.05) is 38.1 Å². The summed E-state index contributed by atoms with van der Waals surface area (Å²) in [7, 11) is 1.74. The van der Waals surface area contributed by atoms with E-state index in [4.69, 9.17) is 9.47 Å². The minimum Gasteiger partial charge on any atom is -0.496 e. The topological polar surface area (TPSA) is 35.5 Å². The fraction of sp³-hybridized carbons (Fsp3) is 0.435. The molecule has 0 atom stereocenters. The molecule has 0 aliphatic heterocycles. The maximum atomic E-state index is 11.4. The first-order valence-corrected chi connectivity index (χ1v) is 9.20. The molecule has 2 rings (SSSR count). The zero-order chi connectivity index (χ0) is 19.3. The number of methoxy groups -OCH3 is 1. The van der Waals surface area contributed by atoms with Crippen LogP contribution in [0.1, 0.15) is 57.7 Å². The first kappa shape index (κ1) is 20.0. The van der Waals surface area contributed by atoms with Gasteiger partial charge in [-0.25, -0.2) is 4.79 Å². The molecule has 0 aromatic heterocycles. The Morgan fingerprint density at radius 1 is 1.27 bits per heavy atom. The molecule has 0 fully saturated rings. The summed E-state index contributed by atoms with van der Waals surface area (Å²) in [6, 6.07) is 4.42. The number of hydrogen-bond donors (Lipinski definition) is 0. The molecule has 0 heterocycles. The molecule has 0 radical (unpaired) electrons. The van der Waals surface area contributed by atoms with E-state index in [1.54, 1.807) is 14.0 Å². The molecule has 1 aliphatic rings. The van der Waals surface area contributed by atoms with Crippen molar-refractivity contribution in [2.45, 2.75) is 52.9 Å². The molecule has 3 nitrogen and oxygen atoms in total. The SMILES string of the molecule is CCOC(=O)/C=C(\C)C=CC=C(C)c1cc(OC)c2c(c1)C(C)(C)CC2. The minimum atomic E-state index is -0.305. The van der Waals surface area contributed by atoms with Gasteiger partial charge in [0.05, 0.1) is 13.7 Å². The first-order chi connectivity index (χ1) is 12.3. The summed E-state index contributed by atoms with van der Waals surface area (Å²) < 4.78 is 10.6. The molecule has 26 heavy (non-hydrogen) atoms. The van der Waals surface area contributed by atoms with Crippen LogP contribution >= 0.6 is 0 Å². The number of ether oxygens (including phenoxy) is 2. The number of hydrogen-bond acceptors (Lipinski definition) is 3. The van der Waals surface area contributed by atoms with Crippen LogP contribution in [0.4, 0.5) is 0 Å². The van der Waals surface area contributed by atoms with Gasteiger partial charge >= 0.3 is 5.97 Å². The Hall–Kier alpha value is -2.29. The second kappa shape index (κ2) is 8.39. The van der Waals surface area contributed by atoms with Crippen LogP contribution in [0, 0.1) is 0 Å². The molecule has 0 spiro atoms. The fourth-order valence-electron chi connectivity index (χ4n) is 3.35. The van der Waals surface area contributed by atoms with E-state index >= 15 is 0 Å².